The molecule has 2 aromatic carbocycles. The first-order valence-electron chi connectivity index (χ1n) is 9.62. The molecule has 0 saturated heterocycles. The van der Waals surface area contributed by atoms with Crippen LogP contribution in [0, 0.1) is 0 Å². The lowest BCUT2D eigenvalue weighted by molar-refractivity contribution is 0.101. The van der Waals surface area contributed by atoms with Gasteiger partial charge in [0.2, 0.25) is 0 Å². The highest BCUT2D eigenvalue weighted by atomic mass is 32.1. The largest absolute Gasteiger partial charge is 0.490 e. The number of anilines is 2. The summed E-state index contributed by atoms with van der Waals surface area (Å²) in [6.07, 6.45) is 2.50. The third-order valence-electron chi connectivity index (χ3n) is 4.03. The Labute approximate surface area is 179 Å². The summed E-state index contributed by atoms with van der Waals surface area (Å²) in [7, 11) is 0. The van der Waals surface area contributed by atoms with E-state index in [0.29, 0.717) is 46.7 Å². The Kier molecular flexibility index (Phi) is 7.40. The molecule has 0 aliphatic heterocycles. The standard InChI is InChI=1S/C22H23N3O4S/c1-3-12-29-18-10-7-16(14-19(18)28-4-2)21(27)24-17-8-5-15(6-9-17)20(26)25-22-23-11-13-30-22/h5-11,13-14H,3-4,12H2,1-2H3,(H,24,27)(H,23,25,26). The minimum Gasteiger partial charge on any atom is -0.490 e. The molecule has 0 atom stereocenters. The molecular weight excluding hydrogens is 402 g/mol. The van der Waals surface area contributed by atoms with Crippen LogP contribution in [0.5, 0.6) is 11.5 Å². The molecule has 0 aliphatic carbocycles. The highest BCUT2D eigenvalue weighted by Crippen LogP contribution is 2.29. The molecule has 2 N–H and O–H groups in total. The molecule has 7 nitrogen and oxygen atoms in total. The van der Waals surface area contributed by atoms with Crippen molar-refractivity contribution in [2.45, 2.75) is 20.3 Å². The Morgan fingerprint density at radius 2 is 1.67 bits per heavy atom. The molecule has 0 radical (unpaired) electrons. The summed E-state index contributed by atoms with van der Waals surface area (Å²) in [5, 5.41) is 7.86. The van der Waals surface area contributed by atoms with Gasteiger partial charge in [-0.1, -0.05) is 6.92 Å². The van der Waals surface area contributed by atoms with Gasteiger partial charge in [-0.2, -0.15) is 0 Å². The number of amides is 2. The van der Waals surface area contributed by atoms with Gasteiger partial charge in [-0.3, -0.25) is 14.9 Å². The van der Waals surface area contributed by atoms with Crippen molar-refractivity contribution in [3.8, 4) is 11.5 Å². The third-order valence-corrected chi connectivity index (χ3v) is 4.71. The molecule has 3 rings (SSSR count). The highest BCUT2D eigenvalue weighted by molar-refractivity contribution is 7.13. The molecule has 2 amide bonds. The van der Waals surface area contributed by atoms with Crippen LogP contribution in [0.2, 0.25) is 0 Å². The van der Waals surface area contributed by atoms with Crippen molar-refractivity contribution in [3.63, 3.8) is 0 Å². The van der Waals surface area contributed by atoms with Gasteiger partial charge >= 0.3 is 0 Å². The van der Waals surface area contributed by atoms with E-state index in [0.717, 1.165) is 6.42 Å². The van der Waals surface area contributed by atoms with Gasteiger partial charge in [0.15, 0.2) is 16.6 Å². The normalized spacial score (nSPS) is 10.3. The zero-order valence-corrected chi connectivity index (χ0v) is 17.6. The quantitative estimate of drug-likeness (QED) is 0.512. The SMILES string of the molecule is CCCOc1ccc(C(=O)Nc2ccc(C(=O)Nc3nccs3)cc2)cc1OCC. The number of nitrogens with zero attached hydrogens (tertiary/aromatic N) is 1. The van der Waals surface area contributed by atoms with Crippen LogP contribution in [0.15, 0.2) is 54.0 Å². The summed E-state index contributed by atoms with van der Waals surface area (Å²) >= 11 is 1.35. The fraction of sp³-hybridized carbons (Fsp3) is 0.227. The van der Waals surface area contributed by atoms with Crippen LogP contribution >= 0.6 is 11.3 Å². The molecule has 0 spiro atoms. The zero-order valence-electron chi connectivity index (χ0n) is 16.8. The second-order valence-electron chi connectivity index (χ2n) is 6.27. The first kappa shape index (κ1) is 21.3. The van der Waals surface area contributed by atoms with Crippen molar-refractivity contribution in [2.24, 2.45) is 0 Å². The molecule has 30 heavy (non-hydrogen) atoms. The minimum atomic E-state index is -0.280. The maximum absolute atomic E-state index is 12.6. The molecule has 3 aromatic rings. The van der Waals surface area contributed by atoms with E-state index in [4.69, 9.17) is 9.47 Å². The third kappa shape index (κ3) is 5.57. The summed E-state index contributed by atoms with van der Waals surface area (Å²) in [6, 6.07) is 11.7. The Hall–Kier alpha value is -3.39. The zero-order chi connectivity index (χ0) is 21.3. The Bertz CT molecular complexity index is 988. The molecule has 8 heteroatoms. The second kappa shape index (κ2) is 10.4. The number of carbonyl (C=O) groups excluding carboxylic acids is 2. The minimum absolute atomic E-state index is 0.258. The van der Waals surface area contributed by atoms with Crippen LogP contribution in [0.1, 0.15) is 41.0 Å². The van der Waals surface area contributed by atoms with Crippen molar-refractivity contribution in [3.05, 3.63) is 65.2 Å². The average Bonchev–Trinajstić information content (AvgIpc) is 3.26. The van der Waals surface area contributed by atoms with E-state index < -0.39 is 0 Å². The van der Waals surface area contributed by atoms with E-state index >= 15 is 0 Å². The monoisotopic (exact) mass is 425 g/mol. The first-order valence-corrected chi connectivity index (χ1v) is 10.5. The Balaban J connectivity index is 1.66. The number of nitrogens with one attached hydrogen (secondary N) is 2. The summed E-state index contributed by atoms with van der Waals surface area (Å²) in [5.74, 6) is 0.614. The lowest BCUT2D eigenvalue weighted by Crippen LogP contribution is -2.14. The van der Waals surface area contributed by atoms with E-state index in [1.54, 1.807) is 54.0 Å². The van der Waals surface area contributed by atoms with E-state index in [-0.39, 0.29) is 11.8 Å². The van der Waals surface area contributed by atoms with Gasteiger partial charge in [-0.05, 0) is 55.8 Å². The van der Waals surface area contributed by atoms with Crippen molar-refractivity contribution in [1.82, 2.24) is 4.98 Å². The van der Waals surface area contributed by atoms with Gasteiger partial charge < -0.3 is 14.8 Å². The molecule has 1 heterocycles. The lowest BCUT2D eigenvalue weighted by atomic mass is 10.1. The number of carbonyl (C=O) groups is 2. The van der Waals surface area contributed by atoms with E-state index in [9.17, 15) is 9.59 Å². The number of hydrogen-bond acceptors (Lipinski definition) is 6. The van der Waals surface area contributed by atoms with Gasteiger partial charge in [0.1, 0.15) is 0 Å². The Morgan fingerprint density at radius 1 is 0.933 bits per heavy atom. The Morgan fingerprint density at radius 3 is 2.33 bits per heavy atom. The van der Waals surface area contributed by atoms with Crippen LogP contribution in [-0.4, -0.2) is 30.0 Å². The topological polar surface area (TPSA) is 89.5 Å². The number of benzene rings is 2. The molecule has 0 bridgehead atoms. The number of aromatic nitrogens is 1. The lowest BCUT2D eigenvalue weighted by Gasteiger charge is -2.13. The van der Waals surface area contributed by atoms with Gasteiger partial charge in [0.25, 0.3) is 11.8 Å². The van der Waals surface area contributed by atoms with Crippen molar-refractivity contribution >= 4 is 34.0 Å². The summed E-state index contributed by atoms with van der Waals surface area (Å²) in [4.78, 5) is 28.9. The molecule has 156 valence electrons. The van der Waals surface area contributed by atoms with Crippen LogP contribution in [0.25, 0.3) is 0 Å². The van der Waals surface area contributed by atoms with Crippen molar-refractivity contribution < 1.29 is 19.1 Å². The summed E-state index contributed by atoms with van der Waals surface area (Å²) in [5.41, 5.74) is 1.50. The smallest absolute Gasteiger partial charge is 0.257 e. The molecule has 0 unspecified atom stereocenters. The van der Waals surface area contributed by atoms with Gasteiger partial charge in [0.05, 0.1) is 13.2 Å². The summed E-state index contributed by atoms with van der Waals surface area (Å²) < 4.78 is 11.3. The van der Waals surface area contributed by atoms with E-state index in [1.165, 1.54) is 11.3 Å². The van der Waals surface area contributed by atoms with Crippen LogP contribution in [0.3, 0.4) is 0 Å². The van der Waals surface area contributed by atoms with Crippen molar-refractivity contribution in [1.29, 1.82) is 0 Å². The van der Waals surface area contributed by atoms with Gasteiger partial charge in [0, 0.05) is 28.4 Å². The number of thiazole rings is 1. The van der Waals surface area contributed by atoms with Gasteiger partial charge in [-0.25, -0.2) is 4.98 Å². The highest BCUT2D eigenvalue weighted by Gasteiger charge is 2.13. The van der Waals surface area contributed by atoms with E-state index in [2.05, 4.69) is 15.6 Å². The maximum Gasteiger partial charge on any atom is 0.257 e. The number of ether oxygens (including phenoxy) is 2. The summed E-state index contributed by atoms with van der Waals surface area (Å²) in [6.45, 7) is 4.95. The molecule has 1 aromatic heterocycles. The molecule has 0 saturated carbocycles. The van der Waals surface area contributed by atoms with Crippen LogP contribution in [0.4, 0.5) is 10.8 Å². The predicted octanol–water partition coefficient (Wildman–Crippen LogP) is 4.84. The fourth-order valence-electron chi connectivity index (χ4n) is 2.61. The molecular formula is C22H23N3O4S. The molecule has 0 aliphatic rings. The fourth-order valence-corrected chi connectivity index (χ4v) is 3.14. The maximum atomic E-state index is 12.6. The van der Waals surface area contributed by atoms with E-state index in [1.807, 2.05) is 13.8 Å². The molecule has 0 fully saturated rings. The second-order valence-corrected chi connectivity index (χ2v) is 7.16. The number of hydrogen-bond donors (Lipinski definition) is 2. The van der Waals surface area contributed by atoms with Gasteiger partial charge in [-0.15, -0.1) is 11.3 Å². The first-order chi connectivity index (χ1) is 14.6. The number of rotatable bonds is 9. The van der Waals surface area contributed by atoms with Crippen LogP contribution < -0.4 is 20.1 Å². The van der Waals surface area contributed by atoms with Crippen LogP contribution in [-0.2, 0) is 0 Å². The predicted molar refractivity (Wildman–Crippen MR) is 118 cm³/mol. The average molecular weight is 426 g/mol. The van der Waals surface area contributed by atoms with Crippen molar-refractivity contribution in [2.75, 3.05) is 23.8 Å².